The first-order chi connectivity index (χ1) is 7.83. The van der Waals surface area contributed by atoms with Gasteiger partial charge in [0.15, 0.2) is 0 Å². The molecule has 86 valence electrons. The molecule has 5 nitrogen and oxygen atoms in total. The summed E-state index contributed by atoms with van der Waals surface area (Å²) in [6.45, 7) is 0.381. The predicted molar refractivity (Wildman–Crippen MR) is 56.9 cm³/mol. The van der Waals surface area contributed by atoms with Gasteiger partial charge in [-0.15, -0.1) is 0 Å². The molecule has 5 heteroatoms. The zero-order valence-corrected chi connectivity index (χ0v) is 8.74. The average Bonchev–Trinajstić information content (AvgIpc) is 2.83. The molecular formula is C11H14N2O3. The molecule has 0 aliphatic carbocycles. The van der Waals surface area contributed by atoms with Gasteiger partial charge in [0.2, 0.25) is 0 Å². The Balaban J connectivity index is 1.63. The third kappa shape index (κ3) is 1.77. The van der Waals surface area contributed by atoms with Crippen LogP contribution >= 0.6 is 0 Å². The van der Waals surface area contributed by atoms with Crippen molar-refractivity contribution in [3.8, 4) is 0 Å². The van der Waals surface area contributed by atoms with E-state index >= 15 is 0 Å². The van der Waals surface area contributed by atoms with Crippen LogP contribution in [0, 0.1) is 0 Å². The lowest BCUT2D eigenvalue weighted by atomic mass is 10.1. The van der Waals surface area contributed by atoms with Crippen LogP contribution < -0.4 is 5.32 Å². The van der Waals surface area contributed by atoms with E-state index in [-0.39, 0.29) is 18.4 Å². The molecule has 16 heavy (non-hydrogen) atoms. The molecule has 1 aromatic heterocycles. The van der Waals surface area contributed by atoms with E-state index in [1.165, 1.54) is 0 Å². The zero-order valence-electron chi connectivity index (χ0n) is 8.74. The molecule has 0 spiro atoms. The van der Waals surface area contributed by atoms with E-state index in [4.69, 9.17) is 9.47 Å². The summed E-state index contributed by atoms with van der Waals surface area (Å²) >= 11 is 0. The summed E-state index contributed by atoms with van der Waals surface area (Å²) in [7, 11) is 0. The molecule has 2 saturated heterocycles. The van der Waals surface area contributed by atoms with Gasteiger partial charge in [-0.05, 0) is 12.1 Å². The Kier molecular flexibility index (Phi) is 2.51. The van der Waals surface area contributed by atoms with E-state index in [2.05, 4.69) is 10.3 Å². The SMILES string of the molecule is O[C@@H]1CO[C@@H]2C[C@@H](Nc3ccccn3)O[C@@H]12. The van der Waals surface area contributed by atoms with Gasteiger partial charge >= 0.3 is 0 Å². The highest BCUT2D eigenvalue weighted by Crippen LogP contribution is 2.30. The molecule has 0 radical (unpaired) electrons. The van der Waals surface area contributed by atoms with Gasteiger partial charge in [-0.3, -0.25) is 0 Å². The van der Waals surface area contributed by atoms with Gasteiger partial charge in [-0.2, -0.15) is 0 Å². The summed E-state index contributed by atoms with van der Waals surface area (Å²) in [6, 6.07) is 5.66. The second-order valence-corrected chi connectivity index (χ2v) is 4.12. The monoisotopic (exact) mass is 222 g/mol. The average molecular weight is 222 g/mol. The number of aromatic nitrogens is 1. The normalized spacial score (nSPS) is 37.3. The van der Waals surface area contributed by atoms with Crippen LogP contribution in [0.4, 0.5) is 5.82 Å². The molecule has 2 aliphatic heterocycles. The molecule has 2 fully saturated rings. The van der Waals surface area contributed by atoms with Crippen LogP contribution in [-0.4, -0.2) is 41.2 Å². The molecule has 0 saturated carbocycles. The van der Waals surface area contributed by atoms with Crippen molar-refractivity contribution < 1.29 is 14.6 Å². The summed E-state index contributed by atoms with van der Waals surface area (Å²) in [5, 5.41) is 12.8. The van der Waals surface area contributed by atoms with Crippen molar-refractivity contribution in [2.75, 3.05) is 11.9 Å². The number of rotatable bonds is 2. The van der Waals surface area contributed by atoms with Crippen molar-refractivity contribution in [1.29, 1.82) is 0 Å². The van der Waals surface area contributed by atoms with Crippen molar-refractivity contribution in [2.24, 2.45) is 0 Å². The third-order valence-electron chi connectivity index (χ3n) is 2.97. The number of anilines is 1. The Morgan fingerprint density at radius 1 is 1.44 bits per heavy atom. The predicted octanol–water partition coefficient (Wildman–Crippen LogP) is 0.368. The number of hydrogen-bond donors (Lipinski definition) is 2. The maximum absolute atomic E-state index is 9.59. The fourth-order valence-electron chi connectivity index (χ4n) is 2.20. The Morgan fingerprint density at radius 2 is 2.38 bits per heavy atom. The van der Waals surface area contributed by atoms with Crippen LogP contribution in [0.3, 0.4) is 0 Å². The second-order valence-electron chi connectivity index (χ2n) is 4.12. The lowest BCUT2D eigenvalue weighted by Crippen LogP contribution is -2.29. The van der Waals surface area contributed by atoms with Crippen LogP contribution in [0.25, 0.3) is 0 Å². The Bertz CT molecular complexity index is 360. The minimum Gasteiger partial charge on any atom is -0.388 e. The molecule has 0 amide bonds. The maximum atomic E-state index is 9.59. The number of nitrogens with one attached hydrogen (secondary N) is 1. The van der Waals surface area contributed by atoms with Crippen molar-refractivity contribution in [3.05, 3.63) is 24.4 Å². The molecule has 0 aromatic carbocycles. The van der Waals surface area contributed by atoms with E-state index in [1.54, 1.807) is 6.20 Å². The summed E-state index contributed by atoms with van der Waals surface area (Å²) in [6.07, 6.45) is 1.67. The number of pyridine rings is 1. The molecule has 0 bridgehead atoms. The minimum absolute atomic E-state index is 0.0104. The summed E-state index contributed by atoms with van der Waals surface area (Å²) in [4.78, 5) is 4.16. The van der Waals surface area contributed by atoms with Gasteiger partial charge in [-0.1, -0.05) is 6.07 Å². The van der Waals surface area contributed by atoms with E-state index < -0.39 is 6.10 Å². The number of nitrogens with zero attached hydrogens (tertiary/aromatic N) is 1. The zero-order chi connectivity index (χ0) is 11.0. The summed E-state index contributed by atoms with van der Waals surface area (Å²) in [5.74, 6) is 0.780. The van der Waals surface area contributed by atoms with Crippen LogP contribution in [0.5, 0.6) is 0 Å². The third-order valence-corrected chi connectivity index (χ3v) is 2.97. The van der Waals surface area contributed by atoms with Crippen molar-refractivity contribution in [3.63, 3.8) is 0 Å². The Morgan fingerprint density at radius 3 is 3.12 bits per heavy atom. The minimum atomic E-state index is -0.500. The standard InChI is InChI=1S/C11H14N2O3/c14-7-6-15-8-5-10(16-11(7)8)13-9-3-1-2-4-12-9/h1-4,7-8,10-11,14H,5-6H2,(H,12,13)/t7-,8-,10+,11+/m1/s1. The first-order valence-electron chi connectivity index (χ1n) is 5.45. The molecular weight excluding hydrogens is 208 g/mol. The molecule has 3 rings (SSSR count). The van der Waals surface area contributed by atoms with Gasteiger partial charge in [0.1, 0.15) is 24.3 Å². The Labute approximate surface area is 93.4 Å². The first-order valence-corrected chi connectivity index (χ1v) is 5.45. The topological polar surface area (TPSA) is 63.6 Å². The molecule has 3 heterocycles. The summed E-state index contributed by atoms with van der Waals surface area (Å²) in [5.41, 5.74) is 0. The smallest absolute Gasteiger partial charge is 0.132 e. The summed E-state index contributed by atoms with van der Waals surface area (Å²) < 4.78 is 11.1. The number of aliphatic hydroxyl groups is 1. The fourth-order valence-corrected chi connectivity index (χ4v) is 2.20. The number of ether oxygens (including phenoxy) is 2. The van der Waals surface area contributed by atoms with E-state index in [1.807, 2.05) is 18.2 Å². The van der Waals surface area contributed by atoms with Gasteiger partial charge in [0.05, 0.1) is 12.7 Å². The molecule has 1 aromatic rings. The van der Waals surface area contributed by atoms with E-state index in [0.717, 1.165) is 12.2 Å². The molecule has 2 aliphatic rings. The highest BCUT2D eigenvalue weighted by molar-refractivity contribution is 5.34. The van der Waals surface area contributed by atoms with E-state index in [9.17, 15) is 5.11 Å². The largest absolute Gasteiger partial charge is 0.388 e. The maximum Gasteiger partial charge on any atom is 0.132 e. The fraction of sp³-hybridized carbons (Fsp3) is 0.545. The van der Waals surface area contributed by atoms with Crippen LogP contribution in [0.15, 0.2) is 24.4 Å². The second kappa shape index (κ2) is 4.01. The Hall–Kier alpha value is -1.17. The lowest BCUT2D eigenvalue weighted by Gasteiger charge is -2.16. The number of aliphatic hydroxyl groups excluding tert-OH is 1. The van der Waals surface area contributed by atoms with Gasteiger partial charge in [0.25, 0.3) is 0 Å². The lowest BCUT2D eigenvalue weighted by molar-refractivity contribution is -0.00959. The highest BCUT2D eigenvalue weighted by Gasteiger charge is 2.45. The van der Waals surface area contributed by atoms with Crippen LogP contribution in [0.2, 0.25) is 0 Å². The van der Waals surface area contributed by atoms with E-state index in [0.29, 0.717) is 6.61 Å². The highest BCUT2D eigenvalue weighted by atomic mass is 16.6. The quantitative estimate of drug-likeness (QED) is 0.757. The van der Waals surface area contributed by atoms with Gasteiger partial charge < -0.3 is 19.9 Å². The molecule has 2 N–H and O–H groups in total. The van der Waals surface area contributed by atoms with Crippen molar-refractivity contribution >= 4 is 5.82 Å². The van der Waals surface area contributed by atoms with Gasteiger partial charge in [0, 0.05) is 12.6 Å². The van der Waals surface area contributed by atoms with Crippen LogP contribution in [-0.2, 0) is 9.47 Å². The number of fused-ring (bicyclic) bond motifs is 1. The molecule has 4 atom stereocenters. The first kappa shape index (κ1) is 10.0. The number of hydrogen-bond acceptors (Lipinski definition) is 5. The van der Waals surface area contributed by atoms with Crippen LogP contribution in [0.1, 0.15) is 6.42 Å². The molecule has 0 unspecified atom stereocenters. The van der Waals surface area contributed by atoms with Gasteiger partial charge in [-0.25, -0.2) is 4.98 Å². The van der Waals surface area contributed by atoms with Crippen molar-refractivity contribution in [2.45, 2.75) is 31.0 Å². The van der Waals surface area contributed by atoms with Crippen molar-refractivity contribution in [1.82, 2.24) is 4.98 Å².